The molecule has 6 nitrogen and oxygen atoms in total. The van der Waals surface area contributed by atoms with Crippen LogP contribution in [0, 0.1) is 0 Å². The number of nitrogens with one attached hydrogen (secondary N) is 1. The van der Waals surface area contributed by atoms with Crippen LogP contribution in [0.25, 0.3) is 0 Å². The number of carbonyl (C=O) groups excluding carboxylic acids is 2. The smallest absolute Gasteiger partial charge is 0.418 e. The van der Waals surface area contributed by atoms with Gasteiger partial charge < -0.3 is 14.6 Å². The number of alkyl halides is 3. The van der Waals surface area contributed by atoms with Gasteiger partial charge in [0.1, 0.15) is 5.69 Å². The average Bonchev–Trinajstić information content (AvgIpc) is 3.22. The lowest BCUT2D eigenvalue weighted by Gasteiger charge is -2.36. The van der Waals surface area contributed by atoms with Crippen molar-refractivity contribution in [1.82, 2.24) is 9.47 Å². The fraction of sp³-hybridized carbons (Fsp3) is 0.429. The maximum atomic E-state index is 13.2. The zero-order chi connectivity index (χ0) is 21.9. The Hall–Kier alpha value is -2.81. The Morgan fingerprint density at radius 1 is 1.13 bits per heavy atom. The largest absolute Gasteiger partial charge is 0.464 e. The van der Waals surface area contributed by atoms with Gasteiger partial charge in [0.15, 0.2) is 0 Å². The van der Waals surface area contributed by atoms with E-state index in [-0.39, 0.29) is 11.7 Å². The number of rotatable bonds is 5. The molecule has 30 heavy (non-hydrogen) atoms. The Morgan fingerprint density at radius 3 is 2.43 bits per heavy atom. The second-order valence-electron chi connectivity index (χ2n) is 7.27. The number of halogens is 3. The monoisotopic (exact) mass is 423 g/mol. The number of anilines is 1. The van der Waals surface area contributed by atoms with E-state index < -0.39 is 29.7 Å². The minimum absolute atomic E-state index is 0.0894. The van der Waals surface area contributed by atoms with Crippen LogP contribution in [0.1, 0.15) is 41.9 Å². The number of benzene rings is 1. The standard InChI is InChI=1S/C21H24F3N3O3/c1-14(19(28)25-17-7-4-3-6-16(17)21(22,23)24)26-12-9-15(10-13-26)27-11-5-8-18(27)20(29)30-2/h3-8,11,14-15H,9-10,12-13H2,1-2H3,(H,25,28). The van der Waals surface area contributed by atoms with Crippen LogP contribution in [0.5, 0.6) is 0 Å². The number of hydrogen-bond donors (Lipinski definition) is 1. The highest BCUT2D eigenvalue weighted by atomic mass is 19.4. The molecule has 0 aliphatic carbocycles. The minimum Gasteiger partial charge on any atom is -0.464 e. The van der Waals surface area contributed by atoms with Gasteiger partial charge in [-0.15, -0.1) is 0 Å². The van der Waals surface area contributed by atoms with Gasteiger partial charge in [0.2, 0.25) is 5.91 Å². The summed E-state index contributed by atoms with van der Waals surface area (Å²) in [5.74, 6) is -0.889. The summed E-state index contributed by atoms with van der Waals surface area (Å²) in [5.41, 5.74) is -0.635. The van der Waals surface area contributed by atoms with E-state index in [2.05, 4.69) is 5.32 Å². The predicted molar refractivity (Wildman–Crippen MR) is 105 cm³/mol. The van der Waals surface area contributed by atoms with Gasteiger partial charge in [-0.1, -0.05) is 12.1 Å². The molecule has 0 spiro atoms. The van der Waals surface area contributed by atoms with Gasteiger partial charge in [-0.05, 0) is 44.0 Å². The van der Waals surface area contributed by atoms with Crippen LogP contribution >= 0.6 is 0 Å². The van der Waals surface area contributed by atoms with Crippen molar-refractivity contribution < 1.29 is 27.5 Å². The molecule has 9 heteroatoms. The molecule has 2 aromatic rings. The SMILES string of the molecule is COC(=O)c1cccn1C1CCN(C(C)C(=O)Nc2ccccc2C(F)(F)F)CC1. The molecule has 1 aromatic carbocycles. The van der Waals surface area contributed by atoms with E-state index in [1.165, 1.54) is 25.3 Å². The molecule has 1 saturated heterocycles. The number of amides is 1. The quantitative estimate of drug-likeness (QED) is 0.740. The van der Waals surface area contributed by atoms with Crippen LogP contribution < -0.4 is 5.32 Å². The summed E-state index contributed by atoms with van der Waals surface area (Å²) in [5, 5.41) is 2.42. The van der Waals surface area contributed by atoms with Gasteiger partial charge in [-0.25, -0.2) is 4.79 Å². The molecule has 1 aromatic heterocycles. The van der Waals surface area contributed by atoms with Gasteiger partial charge in [-0.3, -0.25) is 9.69 Å². The summed E-state index contributed by atoms with van der Waals surface area (Å²) in [6, 6.07) is 7.93. The molecular formula is C21H24F3N3O3. The second kappa shape index (κ2) is 8.91. The van der Waals surface area contributed by atoms with Crippen LogP contribution in [0.2, 0.25) is 0 Å². The third kappa shape index (κ3) is 4.67. The number of piperidine rings is 1. The molecule has 0 saturated carbocycles. The van der Waals surface area contributed by atoms with Crippen molar-refractivity contribution >= 4 is 17.6 Å². The number of nitrogens with zero attached hydrogens (tertiary/aromatic N) is 2. The molecule has 0 bridgehead atoms. The zero-order valence-electron chi connectivity index (χ0n) is 16.8. The van der Waals surface area contributed by atoms with Crippen LogP contribution in [-0.4, -0.2) is 47.6 Å². The fourth-order valence-corrected chi connectivity index (χ4v) is 3.78. The summed E-state index contributed by atoms with van der Waals surface area (Å²) >= 11 is 0. The van der Waals surface area contributed by atoms with Gasteiger partial charge in [0.25, 0.3) is 0 Å². The Morgan fingerprint density at radius 2 is 1.80 bits per heavy atom. The summed E-state index contributed by atoms with van der Waals surface area (Å²) in [7, 11) is 1.33. The van der Waals surface area contributed by atoms with Crippen LogP contribution in [0.15, 0.2) is 42.6 Å². The third-order valence-corrected chi connectivity index (χ3v) is 5.48. The van der Waals surface area contributed by atoms with Gasteiger partial charge in [0, 0.05) is 25.3 Å². The minimum atomic E-state index is -4.54. The van der Waals surface area contributed by atoms with E-state index in [9.17, 15) is 22.8 Å². The van der Waals surface area contributed by atoms with Crippen molar-refractivity contribution in [3.05, 3.63) is 53.9 Å². The lowest BCUT2D eigenvalue weighted by molar-refractivity contribution is -0.137. The van der Waals surface area contributed by atoms with Crippen molar-refractivity contribution in [2.24, 2.45) is 0 Å². The molecule has 0 radical (unpaired) electrons. The molecule has 2 heterocycles. The molecule has 1 atom stereocenters. The molecule has 1 N–H and O–H groups in total. The Kier molecular flexibility index (Phi) is 6.50. The Labute approximate surface area is 172 Å². The van der Waals surface area contributed by atoms with Gasteiger partial charge >= 0.3 is 12.1 Å². The maximum absolute atomic E-state index is 13.2. The number of methoxy groups -OCH3 is 1. The first-order valence-corrected chi connectivity index (χ1v) is 9.68. The first kappa shape index (κ1) is 21.9. The van der Waals surface area contributed by atoms with Crippen LogP contribution in [-0.2, 0) is 15.7 Å². The van der Waals surface area contributed by atoms with E-state index >= 15 is 0 Å². The second-order valence-corrected chi connectivity index (χ2v) is 7.27. The molecule has 1 unspecified atom stereocenters. The van der Waals surface area contributed by atoms with E-state index in [1.807, 2.05) is 15.7 Å². The summed E-state index contributed by atoms with van der Waals surface area (Å²) in [6.45, 7) is 2.85. The number of likely N-dealkylation sites (tertiary alicyclic amines) is 1. The highest BCUT2D eigenvalue weighted by Crippen LogP contribution is 2.34. The van der Waals surface area contributed by atoms with Gasteiger partial charge in [0.05, 0.1) is 24.4 Å². The highest BCUT2D eigenvalue weighted by molar-refractivity contribution is 5.95. The van der Waals surface area contributed by atoms with Crippen molar-refractivity contribution in [3.8, 4) is 0 Å². The first-order chi connectivity index (χ1) is 14.2. The third-order valence-electron chi connectivity index (χ3n) is 5.48. The van der Waals surface area contributed by atoms with E-state index in [1.54, 1.807) is 19.1 Å². The van der Waals surface area contributed by atoms with Gasteiger partial charge in [-0.2, -0.15) is 13.2 Å². The lowest BCUT2D eigenvalue weighted by Crippen LogP contribution is -2.46. The molecule has 1 aliphatic heterocycles. The number of hydrogen-bond acceptors (Lipinski definition) is 4. The molecular weight excluding hydrogens is 399 g/mol. The number of esters is 1. The lowest BCUT2D eigenvalue weighted by atomic mass is 10.0. The summed E-state index contributed by atoms with van der Waals surface area (Å²) in [6.07, 6.45) is -1.30. The molecule has 1 amide bonds. The predicted octanol–water partition coefficient (Wildman–Crippen LogP) is 3.96. The normalized spacial score (nSPS) is 16.8. The summed E-state index contributed by atoms with van der Waals surface area (Å²) in [4.78, 5) is 26.4. The number of carbonyl (C=O) groups is 2. The molecule has 1 fully saturated rings. The van der Waals surface area contributed by atoms with Crippen LogP contribution in [0.4, 0.5) is 18.9 Å². The molecule has 162 valence electrons. The van der Waals surface area contributed by atoms with Crippen molar-refractivity contribution in [2.45, 2.75) is 38.0 Å². The number of ether oxygens (including phenoxy) is 1. The Balaban J connectivity index is 1.62. The topological polar surface area (TPSA) is 63.6 Å². The van der Waals surface area contributed by atoms with Crippen LogP contribution in [0.3, 0.4) is 0 Å². The maximum Gasteiger partial charge on any atom is 0.418 e. The summed E-state index contributed by atoms with van der Waals surface area (Å²) < 4.78 is 46.1. The first-order valence-electron chi connectivity index (χ1n) is 9.68. The average molecular weight is 423 g/mol. The zero-order valence-corrected chi connectivity index (χ0v) is 16.8. The number of aromatic nitrogens is 1. The molecule has 3 rings (SSSR count). The number of para-hydroxylation sites is 1. The fourth-order valence-electron chi connectivity index (χ4n) is 3.78. The molecule has 1 aliphatic rings. The van der Waals surface area contributed by atoms with E-state index in [0.717, 1.165) is 6.07 Å². The van der Waals surface area contributed by atoms with Crippen molar-refractivity contribution in [3.63, 3.8) is 0 Å². The van der Waals surface area contributed by atoms with E-state index in [0.29, 0.717) is 31.6 Å². The van der Waals surface area contributed by atoms with Crippen molar-refractivity contribution in [1.29, 1.82) is 0 Å². The Bertz CT molecular complexity index is 902. The van der Waals surface area contributed by atoms with Crippen molar-refractivity contribution in [2.75, 3.05) is 25.5 Å². The highest BCUT2D eigenvalue weighted by Gasteiger charge is 2.34. The van der Waals surface area contributed by atoms with E-state index in [4.69, 9.17) is 4.74 Å².